The normalized spacial score (nSPS) is 16.7. The molecule has 2 heterocycles. The fraction of sp³-hybridized carbons (Fsp3) is 0.389. The highest BCUT2D eigenvalue weighted by molar-refractivity contribution is 5.76. The number of benzene rings is 1. The number of aromatic amines is 1. The Morgan fingerprint density at radius 1 is 1.30 bits per heavy atom. The van der Waals surface area contributed by atoms with E-state index in [0.29, 0.717) is 38.8 Å². The van der Waals surface area contributed by atoms with E-state index in [1.165, 1.54) is 0 Å². The van der Waals surface area contributed by atoms with Crippen molar-refractivity contribution in [1.29, 1.82) is 5.26 Å². The Labute approximate surface area is 135 Å². The van der Waals surface area contributed by atoms with Crippen molar-refractivity contribution in [2.75, 3.05) is 13.1 Å². The summed E-state index contributed by atoms with van der Waals surface area (Å²) in [5.41, 5.74) is 1.65. The van der Waals surface area contributed by atoms with Crippen LogP contribution >= 0.6 is 0 Å². The summed E-state index contributed by atoms with van der Waals surface area (Å²) in [6.07, 6.45) is 6.16. The minimum atomic E-state index is -0.456. The molecule has 5 heteroatoms. The molecule has 23 heavy (non-hydrogen) atoms. The molecule has 0 saturated carbocycles. The minimum Gasteiger partial charge on any atom is -0.343 e. The van der Waals surface area contributed by atoms with Crippen LogP contribution in [-0.2, 0) is 16.6 Å². The van der Waals surface area contributed by atoms with Gasteiger partial charge in [-0.05, 0) is 30.4 Å². The number of aryl methyl sites for hydroxylation is 1. The van der Waals surface area contributed by atoms with Gasteiger partial charge in [0.05, 0.1) is 17.7 Å². The molecule has 1 aliphatic rings. The molecular formula is C18H20N4O. The van der Waals surface area contributed by atoms with Crippen molar-refractivity contribution in [3.63, 3.8) is 0 Å². The van der Waals surface area contributed by atoms with Crippen molar-refractivity contribution >= 4 is 5.91 Å². The molecule has 1 N–H and O–H groups in total. The summed E-state index contributed by atoms with van der Waals surface area (Å²) >= 11 is 0. The fourth-order valence-electron chi connectivity index (χ4n) is 3.18. The molecule has 0 radical (unpaired) electrons. The molecule has 1 saturated heterocycles. The Bertz CT molecular complexity index is 680. The Kier molecular flexibility index (Phi) is 4.42. The van der Waals surface area contributed by atoms with Crippen molar-refractivity contribution in [2.45, 2.75) is 31.1 Å². The van der Waals surface area contributed by atoms with Crippen LogP contribution < -0.4 is 0 Å². The molecule has 1 aromatic heterocycles. The maximum atomic E-state index is 12.3. The first-order chi connectivity index (χ1) is 11.2. The fourth-order valence-corrected chi connectivity index (χ4v) is 3.18. The summed E-state index contributed by atoms with van der Waals surface area (Å²) in [5.74, 6) is 0.158. The van der Waals surface area contributed by atoms with Gasteiger partial charge in [0.2, 0.25) is 5.91 Å². The first kappa shape index (κ1) is 15.3. The number of rotatable bonds is 4. The number of amides is 1. The van der Waals surface area contributed by atoms with Gasteiger partial charge < -0.3 is 4.90 Å². The molecule has 0 unspecified atom stereocenters. The predicted molar refractivity (Wildman–Crippen MR) is 86.5 cm³/mol. The van der Waals surface area contributed by atoms with Gasteiger partial charge in [-0.25, -0.2) is 0 Å². The molecule has 0 aliphatic carbocycles. The highest BCUT2D eigenvalue weighted by Gasteiger charge is 2.37. The quantitative estimate of drug-likeness (QED) is 0.942. The van der Waals surface area contributed by atoms with E-state index in [0.717, 1.165) is 11.1 Å². The summed E-state index contributed by atoms with van der Waals surface area (Å²) in [5, 5.41) is 16.3. The number of nitrogens with zero attached hydrogens (tertiary/aromatic N) is 3. The van der Waals surface area contributed by atoms with Gasteiger partial charge >= 0.3 is 0 Å². The number of hydrogen-bond acceptors (Lipinski definition) is 3. The van der Waals surface area contributed by atoms with Crippen LogP contribution in [0.3, 0.4) is 0 Å². The lowest BCUT2D eigenvalue weighted by Gasteiger charge is -2.37. The number of carbonyl (C=O) groups excluding carboxylic acids is 1. The number of nitrogens with one attached hydrogen (secondary N) is 1. The molecule has 0 atom stereocenters. The summed E-state index contributed by atoms with van der Waals surface area (Å²) in [7, 11) is 0. The topological polar surface area (TPSA) is 72.8 Å². The molecule has 3 rings (SSSR count). The third-order valence-corrected chi connectivity index (χ3v) is 4.69. The van der Waals surface area contributed by atoms with E-state index < -0.39 is 5.41 Å². The number of hydrogen-bond donors (Lipinski definition) is 1. The number of nitriles is 1. The van der Waals surface area contributed by atoms with Gasteiger partial charge in [-0.15, -0.1) is 0 Å². The van der Waals surface area contributed by atoms with Crippen LogP contribution in [0.25, 0.3) is 0 Å². The molecule has 1 fully saturated rings. The zero-order valence-electron chi connectivity index (χ0n) is 13.0. The summed E-state index contributed by atoms with van der Waals surface area (Å²) in [6.45, 7) is 1.29. The van der Waals surface area contributed by atoms with E-state index in [9.17, 15) is 10.1 Å². The molecule has 1 aromatic carbocycles. The molecule has 0 spiro atoms. The minimum absolute atomic E-state index is 0.158. The predicted octanol–water partition coefficient (Wildman–Crippen LogP) is 2.43. The largest absolute Gasteiger partial charge is 0.343 e. The van der Waals surface area contributed by atoms with E-state index in [1.54, 1.807) is 6.20 Å². The molecule has 5 nitrogen and oxygen atoms in total. The smallest absolute Gasteiger partial charge is 0.222 e. The van der Waals surface area contributed by atoms with Crippen molar-refractivity contribution in [3.05, 3.63) is 53.9 Å². The maximum absolute atomic E-state index is 12.3. The van der Waals surface area contributed by atoms with Crippen LogP contribution in [0.5, 0.6) is 0 Å². The zero-order chi connectivity index (χ0) is 16.1. The first-order valence-corrected chi connectivity index (χ1v) is 7.96. The van der Waals surface area contributed by atoms with Gasteiger partial charge in [0.1, 0.15) is 0 Å². The van der Waals surface area contributed by atoms with Gasteiger partial charge in [-0.3, -0.25) is 9.89 Å². The van der Waals surface area contributed by atoms with Crippen molar-refractivity contribution in [1.82, 2.24) is 15.1 Å². The van der Waals surface area contributed by atoms with Gasteiger partial charge in [-0.1, -0.05) is 30.3 Å². The van der Waals surface area contributed by atoms with E-state index in [2.05, 4.69) is 16.3 Å². The molecule has 0 bridgehead atoms. The van der Waals surface area contributed by atoms with Gasteiger partial charge in [0.25, 0.3) is 0 Å². The van der Waals surface area contributed by atoms with Gasteiger partial charge in [0.15, 0.2) is 0 Å². The van der Waals surface area contributed by atoms with E-state index in [1.807, 2.05) is 41.4 Å². The third kappa shape index (κ3) is 3.26. The summed E-state index contributed by atoms with van der Waals surface area (Å²) in [6, 6.07) is 12.4. The SMILES string of the molecule is N#CC1(c2ccccc2)CCN(C(=O)CCc2cn[nH]c2)CC1. The van der Waals surface area contributed by atoms with Crippen LogP contribution in [0.4, 0.5) is 0 Å². The summed E-state index contributed by atoms with van der Waals surface area (Å²) in [4.78, 5) is 14.2. The van der Waals surface area contributed by atoms with Crippen LogP contribution in [-0.4, -0.2) is 34.1 Å². The highest BCUT2D eigenvalue weighted by atomic mass is 16.2. The maximum Gasteiger partial charge on any atom is 0.222 e. The number of H-pyrrole nitrogens is 1. The number of aromatic nitrogens is 2. The third-order valence-electron chi connectivity index (χ3n) is 4.69. The second-order valence-corrected chi connectivity index (χ2v) is 6.05. The zero-order valence-corrected chi connectivity index (χ0v) is 13.0. The van der Waals surface area contributed by atoms with Crippen molar-refractivity contribution in [2.24, 2.45) is 0 Å². The first-order valence-electron chi connectivity index (χ1n) is 7.96. The van der Waals surface area contributed by atoms with E-state index in [4.69, 9.17) is 0 Å². The molecule has 1 amide bonds. The average molecular weight is 308 g/mol. The standard InChI is InChI=1S/C18H20N4O/c19-14-18(16-4-2-1-3-5-16)8-10-22(11-9-18)17(23)7-6-15-12-20-21-13-15/h1-5,12-13H,6-11H2,(H,20,21). The summed E-state index contributed by atoms with van der Waals surface area (Å²) < 4.78 is 0. The number of likely N-dealkylation sites (tertiary alicyclic amines) is 1. The monoisotopic (exact) mass is 308 g/mol. The lowest BCUT2D eigenvalue weighted by molar-refractivity contribution is -0.132. The lowest BCUT2D eigenvalue weighted by Crippen LogP contribution is -2.44. The van der Waals surface area contributed by atoms with Crippen molar-refractivity contribution in [3.8, 4) is 6.07 Å². The molecule has 1 aliphatic heterocycles. The molecular weight excluding hydrogens is 288 g/mol. The van der Waals surface area contributed by atoms with E-state index in [-0.39, 0.29) is 5.91 Å². The molecule has 118 valence electrons. The second kappa shape index (κ2) is 6.66. The average Bonchev–Trinajstić information content (AvgIpc) is 3.14. The Morgan fingerprint density at radius 2 is 2.04 bits per heavy atom. The van der Waals surface area contributed by atoms with Crippen LogP contribution in [0.1, 0.15) is 30.4 Å². The number of piperidine rings is 1. The lowest BCUT2D eigenvalue weighted by atomic mass is 9.74. The Balaban J connectivity index is 1.59. The van der Waals surface area contributed by atoms with Gasteiger partial charge in [0, 0.05) is 25.7 Å². The Morgan fingerprint density at radius 3 is 2.65 bits per heavy atom. The van der Waals surface area contributed by atoms with E-state index >= 15 is 0 Å². The van der Waals surface area contributed by atoms with Crippen LogP contribution in [0, 0.1) is 11.3 Å². The van der Waals surface area contributed by atoms with Gasteiger partial charge in [-0.2, -0.15) is 10.4 Å². The van der Waals surface area contributed by atoms with Crippen molar-refractivity contribution < 1.29 is 4.79 Å². The van der Waals surface area contributed by atoms with Crippen LogP contribution in [0.2, 0.25) is 0 Å². The van der Waals surface area contributed by atoms with Crippen LogP contribution in [0.15, 0.2) is 42.7 Å². The number of carbonyl (C=O) groups is 1. The molecule has 2 aromatic rings. The Hall–Kier alpha value is -2.61. The second-order valence-electron chi connectivity index (χ2n) is 6.05. The highest BCUT2D eigenvalue weighted by Crippen LogP contribution is 2.35.